The number of nitro groups is 1. The van der Waals surface area contributed by atoms with Gasteiger partial charge in [0.2, 0.25) is 0 Å². The van der Waals surface area contributed by atoms with Gasteiger partial charge in [-0.1, -0.05) is 0 Å². The van der Waals surface area contributed by atoms with E-state index in [4.69, 9.17) is 0 Å². The number of halogens is 3. The molecule has 29 heavy (non-hydrogen) atoms. The number of carbonyl (C=O) groups excluding carboxylic acids is 1. The van der Waals surface area contributed by atoms with Crippen LogP contribution < -0.4 is 4.90 Å². The van der Waals surface area contributed by atoms with Gasteiger partial charge in [-0.15, -0.1) is 0 Å². The van der Waals surface area contributed by atoms with Gasteiger partial charge in [0, 0.05) is 45.3 Å². The van der Waals surface area contributed by atoms with Crippen molar-refractivity contribution in [1.29, 1.82) is 0 Å². The minimum absolute atomic E-state index is 0.0180. The van der Waals surface area contributed by atoms with E-state index in [1.807, 2.05) is 0 Å². The third kappa shape index (κ3) is 4.09. The summed E-state index contributed by atoms with van der Waals surface area (Å²) in [7, 11) is -5.69. The lowest BCUT2D eigenvalue weighted by atomic mass is 10.2. The molecule has 1 aromatic rings. The average molecular weight is 436 g/mol. The molecule has 0 radical (unpaired) electrons. The van der Waals surface area contributed by atoms with E-state index in [1.54, 1.807) is 14.7 Å². The quantitative estimate of drug-likeness (QED) is 0.532. The first-order valence-electron chi connectivity index (χ1n) is 8.91. The Kier molecular flexibility index (Phi) is 5.61. The van der Waals surface area contributed by atoms with Gasteiger partial charge in [0.05, 0.1) is 9.82 Å². The number of sulfone groups is 1. The highest BCUT2D eigenvalue weighted by molar-refractivity contribution is 7.92. The van der Waals surface area contributed by atoms with Gasteiger partial charge < -0.3 is 14.7 Å². The van der Waals surface area contributed by atoms with E-state index >= 15 is 0 Å². The van der Waals surface area contributed by atoms with Gasteiger partial charge in [0.15, 0.2) is 0 Å². The average Bonchev–Trinajstić information content (AvgIpc) is 3.21. The second kappa shape index (κ2) is 7.69. The minimum Gasteiger partial charge on any atom is -0.362 e. The molecule has 2 fully saturated rings. The minimum atomic E-state index is -5.69. The molecule has 0 spiro atoms. The molecule has 13 heteroatoms. The molecule has 0 N–H and O–H groups in total. The van der Waals surface area contributed by atoms with Crippen LogP contribution in [0.15, 0.2) is 23.1 Å². The number of amides is 2. The molecule has 0 aliphatic carbocycles. The molecule has 2 amide bonds. The fourth-order valence-corrected chi connectivity index (χ4v) is 4.25. The predicted octanol–water partition coefficient (Wildman–Crippen LogP) is 2.23. The van der Waals surface area contributed by atoms with Crippen molar-refractivity contribution in [3.8, 4) is 0 Å². The molecule has 0 saturated carbocycles. The topological polar surface area (TPSA) is 104 Å². The van der Waals surface area contributed by atoms with Crippen molar-refractivity contribution >= 4 is 27.2 Å². The molecule has 0 aromatic heterocycles. The number of carbonyl (C=O) groups is 1. The first-order chi connectivity index (χ1) is 13.5. The number of likely N-dealkylation sites (tertiary alicyclic amines) is 1. The molecule has 0 bridgehead atoms. The van der Waals surface area contributed by atoms with Gasteiger partial charge in [0.1, 0.15) is 5.69 Å². The van der Waals surface area contributed by atoms with Crippen LogP contribution >= 0.6 is 0 Å². The molecule has 0 atom stereocenters. The van der Waals surface area contributed by atoms with Crippen LogP contribution in [-0.4, -0.2) is 73.9 Å². The summed E-state index contributed by atoms with van der Waals surface area (Å²) in [6.45, 7) is 2.47. The number of piperazine rings is 1. The molecule has 3 rings (SSSR count). The number of hydrogen-bond donors (Lipinski definition) is 0. The van der Waals surface area contributed by atoms with Crippen molar-refractivity contribution in [2.75, 3.05) is 44.2 Å². The van der Waals surface area contributed by atoms with Crippen molar-refractivity contribution in [2.24, 2.45) is 0 Å². The number of anilines is 1. The Morgan fingerprint density at radius 1 is 1.00 bits per heavy atom. The number of nitro benzene ring substituents is 1. The lowest BCUT2D eigenvalue weighted by Crippen LogP contribution is -2.52. The smallest absolute Gasteiger partial charge is 0.362 e. The Hall–Kier alpha value is -2.57. The summed E-state index contributed by atoms with van der Waals surface area (Å²) < 4.78 is 61.3. The number of rotatable bonds is 3. The fraction of sp³-hybridized carbons (Fsp3) is 0.562. The van der Waals surface area contributed by atoms with E-state index in [1.165, 1.54) is 0 Å². The molecule has 2 aliphatic rings. The van der Waals surface area contributed by atoms with Crippen LogP contribution in [0.1, 0.15) is 12.8 Å². The maximum absolute atomic E-state index is 12.7. The summed E-state index contributed by atoms with van der Waals surface area (Å²) in [6, 6.07) is 2.06. The third-order valence-corrected chi connectivity index (χ3v) is 6.51. The molecule has 9 nitrogen and oxygen atoms in total. The molecule has 1 aromatic carbocycles. The van der Waals surface area contributed by atoms with E-state index in [2.05, 4.69) is 0 Å². The second-order valence-electron chi connectivity index (χ2n) is 6.81. The Labute approximate surface area is 164 Å². The lowest BCUT2D eigenvalue weighted by Gasteiger charge is -2.37. The van der Waals surface area contributed by atoms with Crippen LogP contribution in [0.4, 0.5) is 29.3 Å². The summed E-state index contributed by atoms with van der Waals surface area (Å²) in [5.41, 5.74) is -6.26. The summed E-state index contributed by atoms with van der Waals surface area (Å²) in [4.78, 5) is 26.6. The van der Waals surface area contributed by atoms with Crippen molar-refractivity contribution in [3.63, 3.8) is 0 Å². The van der Waals surface area contributed by atoms with Crippen LogP contribution in [-0.2, 0) is 9.84 Å². The standard InChI is InChI=1S/C16H19F3N4O5S/c17-16(18,19)29(27,28)12-3-4-13(14(11-12)23(25)26)20-7-9-22(10-8-20)15(24)21-5-1-2-6-21/h3-4,11H,1-2,5-10H2. The molecular formula is C16H19F3N4O5S. The van der Waals surface area contributed by atoms with Gasteiger partial charge in [-0.25, -0.2) is 13.2 Å². The maximum Gasteiger partial charge on any atom is 0.501 e. The van der Waals surface area contributed by atoms with E-state index < -0.39 is 30.9 Å². The van der Waals surface area contributed by atoms with E-state index in [0.29, 0.717) is 38.3 Å². The van der Waals surface area contributed by atoms with E-state index in [-0.39, 0.29) is 24.8 Å². The van der Waals surface area contributed by atoms with Gasteiger partial charge in [0.25, 0.3) is 15.5 Å². The van der Waals surface area contributed by atoms with Crippen LogP contribution in [0.5, 0.6) is 0 Å². The Balaban J connectivity index is 1.79. The number of alkyl halides is 3. The third-order valence-electron chi connectivity index (χ3n) is 5.03. The Bertz CT molecular complexity index is 908. The highest BCUT2D eigenvalue weighted by Crippen LogP contribution is 2.36. The number of benzene rings is 1. The van der Waals surface area contributed by atoms with Gasteiger partial charge >= 0.3 is 11.5 Å². The number of nitrogens with zero attached hydrogens (tertiary/aromatic N) is 4. The Morgan fingerprint density at radius 3 is 2.07 bits per heavy atom. The van der Waals surface area contributed by atoms with Crippen LogP contribution in [0.2, 0.25) is 0 Å². The molecule has 2 saturated heterocycles. The molecule has 0 unspecified atom stereocenters. The zero-order valence-corrected chi connectivity index (χ0v) is 16.1. The van der Waals surface area contributed by atoms with Crippen LogP contribution in [0.25, 0.3) is 0 Å². The fourth-order valence-electron chi connectivity index (χ4n) is 3.46. The SMILES string of the molecule is O=C(N1CCCC1)N1CCN(c2ccc(S(=O)(=O)C(F)(F)F)cc2[N+](=O)[O-])CC1. The Morgan fingerprint density at radius 2 is 1.55 bits per heavy atom. The zero-order valence-electron chi connectivity index (χ0n) is 15.3. The van der Waals surface area contributed by atoms with Crippen LogP contribution in [0.3, 0.4) is 0 Å². The van der Waals surface area contributed by atoms with Crippen molar-refractivity contribution in [1.82, 2.24) is 9.80 Å². The summed E-state index contributed by atoms with van der Waals surface area (Å²) in [5.74, 6) is 0. The van der Waals surface area contributed by atoms with E-state index in [0.717, 1.165) is 18.9 Å². The number of urea groups is 1. The first kappa shape index (κ1) is 21.1. The maximum atomic E-state index is 12.7. The molecule has 2 aliphatic heterocycles. The summed E-state index contributed by atoms with van der Waals surface area (Å²) >= 11 is 0. The van der Waals surface area contributed by atoms with Crippen molar-refractivity contribution in [2.45, 2.75) is 23.2 Å². The largest absolute Gasteiger partial charge is 0.501 e. The van der Waals surface area contributed by atoms with E-state index in [9.17, 15) is 36.5 Å². The number of hydrogen-bond acceptors (Lipinski definition) is 6. The molecule has 160 valence electrons. The van der Waals surface area contributed by atoms with Crippen molar-refractivity contribution in [3.05, 3.63) is 28.3 Å². The summed E-state index contributed by atoms with van der Waals surface area (Å²) in [5, 5.41) is 11.4. The highest BCUT2D eigenvalue weighted by Gasteiger charge is 2.47. The highest BCUT2D eigenvalue weighted by atomic mass is 32.2. The monoisotopic (exact) mass is 436 g/mol. The normalized spacial score (nSPS) is 18.2. The molecule has 2 heterocycles. The molecular weight excluding hydrogens is 417 g/mol. The second-order valence-corrected chi connectivity index (χ2v) is 8.75. The van der Waals surface area contributed by atoms with Gasteiger partial charge in [-0.05, 0) is 25.0 Å². The van der Waals surface area contributed by atoms with Crippen LogP contribution in [0, 0.1) is 10.1 Å². The zero-order chi connectivity index (χ0) is 21.4. The predicted molar refractivity (Wildman–Crippen MR) is 96.3 cm³/mol. The lowest BCUT2D eigenvalue weighted by molar-refractivity contribution is -0.384. The van der Waals surface area contributed by atoms with Gasteiger partial charge in [-0.2, -0.15) is 13.2 Å². The van der Waals surface area contributed by atoms with Gasteiger partial charge in [-0.3, -0.25) is 10.1 Å². The first-order valence-corrected chi connectivity index (χ1v) is 10.4. The summed E-state index contributed by atoms with van der Waals surface area (Å²) in [6.07, 6.45) is 1.90. The van der Waals surface area contributed by atoms with Crippen molar-refractivity contribution < 1.29 is 31.3 Å².